The zero-order valence-electron chi connectivity index (χ0n) is 15.9. The summed E-state index contributed by atoms with van der Waals surface area (Å²) in [6, 6.07) is 11.5. The minimum absolute atomic E-state index is 0.0109. The molecule has 0 saturated heterocycles. The third-order valence-electron chi connectivity index (χ3n) is 4.12. The van der Waals surface area contributed by atoms with Crippen LogP contribution in [0.15, 0.2) is 53.4 Å². The maximum Gasteiger partial charge on any atom is 0.243 e. The SMILES string of the molecule is CC(C)CCNC(=O)CN(Cc1ccccc1F)S(=O)(=O)c1ccc(Cl)cc1. The largest absolute Gasteiger partial charge is 0.355 e. The summed E-state index contributed by atoms with van der Waals surface area (Å²) in [5, 5.41) is 3.11. The summed E-state index contributed by atoms with van der Waals surface area (Å²) in [4.78, 5) is 12.3. The van der Waals surface area contributed by atoms with Crippen molar-refractivity contribution in [2.45, 2.75) is 31.7 Å². The van der Waals surface area contributed by atoms with E-state index in [0.717, 1.165) is 10.7 Å². The first-order valence-electron chi connectivity index (χ1n) is 8.96. The molecule has 0 radical (unpaired) electrons. The Hall–Kier alpha value is -1.96. The van der Waals surface area contributed by atoms with Crippen molar-refractivity contribution in [2.24, 2.45) is 5.92 Å². The van der Waals surface area contributed by atoms with E-state index in [-0.39, 0.29) is 17.0 Å². The zero-order chi connectivity index (χ0) is 20.7. The fraction of sp³-hybridized carbons (Fsp3) is 0.350. The summed E-state index contributed by atoms with van der Waals surface area (Å²) in [6.07, 6.45) is 0.781. The minimum Gasteiger partial charge on any atom is -0.355 e. The average molecular weight is 427 g/mol. The Kier molecular flexibility index (Phi) is 7.98. The highest BCUT2D eigenvalue weighted by atomic mass is 35.5. The number of carbonyl (C=O) groups is 1. The van der Waals surface area contributed by atoms with Crippen molar-refractivity contribution in [3.63, 3.8) is 0 Å². The molecule has 2 aromatic carbocycles. The highest BCUT2D eigenvalue weighted by molar-refractivity contribution is 7.89. The maximum absolute atomic E-state index is 14.1. The average Bonchev–Trinajstić information content (AvgIpc) is 2.63. The van der Waals surface area contributed by atoms with E-state index in [1.54, 1.807) is 6.07 Å². The Morgan fingerprint density at radius 1 is 1.14 bits per heavy atom. The third-order valence-corrected chi connectivity index (χ3v) is 6.18. The first-order chi connectivity index (χ1) is 13.2. The van der Waals surface area contributed by atoms with Crippen LogP contribution in [0.2, 0.25) is 5.02 Å². The van der Waals surface area contributed by atoms with Gasteiger partial charge in [-0.3, -0.25) is 4.79 Å². The molecule has 2 aromatic rings. The van der Waals surface area contributed by atoms with Gasteiger partial charge in [0.05, 0.1) is 11.4 Å². The van der Waals surface area contributed by atoms with E-state index in [4.69, 9.17) is 11.6 Å². The number of carbonyl (C=O) groups excluding carboxylic acids is 1. The van der Waals surface area contributed by atoms with Gasteiger partial charge in [0.2, 0.25) is 15.9 Å². The van der Waals surface area contributed by atoms with Gasteiger partial charge in [0.15, 0.2) is 0 Å². The van der Waals surface area contributed by atoms with Gasteiger partial charge in [-0.25, -0.2) is 12.8 Å². The van der Waals surface area contributed by atoms with Gasteiger partial charge in [-0.1, -0.05) is 43.6 Å². The van der Waals surface area contributed by atoms with Crippen LogP contribution in [0.25, 0.3) is 0 Å². The molecule has 2 rings (SSSR count). The van der Waals surface area contributed by atoms with Crippen molar-refractivity contribution >= 4 is 27.5 Å². The summed E-state index contributed by atoms with van der Waals surface area (Å²) in [6.45, 7) is 3.85. The van der Waals surface area contributed by atoms with Crippen molar-refractivity contribution in [1.29, 1.82) is 0 Å². The lowest BCUT2D eigenvalue weighted by molar-refractivity contribution is -0.121. The topological polar surface area (TPSA) is 66.5 Å². The highest BCUT2D eigenvalue weighted by Gasteiger charge is 2.27. The number of rotatable bonds is 9. The van der Waals surface area contributed by atoms with Gasteiger partial charge in [-0.05, 0) is 42.7 Å². The van der Waals surface area contributed by atoms with Crippen LogP contribution in [0.3, 0.4) is 0 Å². The van der Waals surface area contributed by atoms with E-state index >= 15 is 0 Å². The van der Waals surface area contributed by atoms with Crippen LogP contribution in [0, 0.1) is 11.7 Å². The number of halogens is 2. The minimum atomic E-state index is -4.02. The number of nitrogens with zero attached hydrogens (tertiary/aromatic N) is 1. The summed E-state index contributed by atoms with van der Waals surface area (Å²) < 4.78 is 41.2. The fourth-order valence-electron chi connectivity index (χ4n) is 2.51. The monoisotopic (exact) mass is 426 g/mol. The molecule has 0 aliphatic carbocycles. The van der Waals surface area contributed by atoms with E-state index in [1.165, 1.54) is 42.5 Å². The van der Waals surface area contributed by atoms with Crippen molar-refractivity contribution < 1.29 is 17.6 Å². The van der Waals surface area contributed by atoms with Crippen LogP contribution in [0.1, 0.15) is 25.8 Å². The molecular weight excluding hydrogens is 403 g/mol. The normalized spacial score (nSPS) is 11.8. The molecule has 0 atom stereocenters. The second-order valence-corrected chi connectivity index (χ2v) is 9.23. The van der Waals surface area contributed by atoms with E-state index in [0.29, 0.717) is 17.5 Å². The first-order valence-corrected chi connectivity index (χ1v) is 10.8. The van der Waals surface area contributed by atoms with Gasteiger partial charge < -0.3 is 5.32 Å². The second-order valence-electron chi connectivity index (χ2n) is 6.85. The van der Waals surface area contributed by atoms with Gasteiger partial charge in [-0.15, -0.1) is 0 Å². The molecule has 28 heavy (non-hydrogen) atoms. The summed E-state index contributed by atoms with van der Waals surface area (Å²) in [5.41, 5.74) is 0.190. The molecular formula is C20H24ClFN2O3S. The molecule has 0 aliphatic rings. The van der Waals surface area contributed by atoms with Crippen molar-refractivity contribution in [3.8, 4) is 0 Å². The third kappa shape index (κ3) is 6.29. The number of hydrogen-bond acceptors (Lipinski definition) is 3. The van der Waals surface area contributed by atoms with Gasteiger partial charge in [0.25, 0.3) is 0 Å². The zero-order valence-corrected chi connectivity index (χ0v) is 17.4. The summed E-state index contributed by atoms with van der Waals surface area (Å²) in [7, 11) is -4.02. The quantitative estimate of drug-likeness (QED) is 0.662. The molecule has 1 N–H and O–H groups in total. The Morgan fingerprint density at radius 2 is 1.79 bits per heavy atom. The molecule has 0 heterocycles. The van der Waals surface area contributed by atoms with Gasteiger partial charge >= 0.3 is 0 Å². The molecule has 152 valence electrons. The van der Waals surface area contributed by atoms with E-state index in [2.05, 4.69) is 5.32 Å². The molecule has 5 nitrogen and oxygen atoms in total. The lowest BCUT2D eigenvalue weighted by Gasteiger charge is -2.22. The number of benzene rings is 2. The molecule has 0 aromatic heterocycles. The van der Waals surface area contributed by atoms with Crippen LogP contribution in [-0.2, 0) is 21.4 Å². The summed E-state index contributed by atoms with van der Waals surface area (Å²) in [5.74, 6) is -0.554. The lowest BCUT2D eigenvalue weighted by Crippen LogP contribution is -2.40. The fourth-order valence-corrected chi connectivity index (χ4v) is 4.01. The Balaban J connectivity index is 2.26. The molecule has 0 saturated carbocycles. The molecule has 1 amide bonds. The van der Waals surface area contributed by atoms with Gasteiger partial charge in [0, 0.05) is 23.7 Å². The predicted octanol–water partition coefficient (Wildman–Crippen LogP) is 3.83. The van der Waals surface area contributed by atoms with Crippen LogP contribution in [-0.4, -0.2) is 31.7 Å². The Morgan fingerprint density at radius 3 is 2.39 bits per heavy atom. The Labute approximate surface area is 170 Å². The Bertz CT molecular complexity index is 902. The van der Waals surface area contributed by atoms with E-state index in [1.807, 2.05) is 13.8 Å². The van der Waals surface area contributed by atoms with Crippen molar-refractivity contribution in [3.05, 3.63) is 64.9 Å². The molecule has 0 fully saturated rings. The standard InChI is InChI=1S/C20H24ClFN2O3S/c1-15(2)11-12-23-20(25)14-24(13-16-5-3-4-6-19(16)22)28(26,27)18-9-7-17(21)8-10-18/h3-10,15H,11-14H2,1-2H3,(H,23,25). The van der Waals surface area contributed by atoms with Crippen LogP contribution in [0.5, 0.6) is 0 Å². The van der Waals surface area contributed by atoms with E-state index < -0.39 is 28.3 Å². The molecule has 0 unspecified atom stereocenters. The lowest BCUT2D eigenvalue weighted by atomic mass is 10.1. The second kappa shape index (κ2) is 10.0. The van der Waals surface area contributed by atoms with Crippen molar-refractivity contribution in [2.75, 3.05) is 13.1 Å². The number of amides is 1. The summed E-state index contributed by atoms with van der Waals surface area (Å²) >= 11 is 5.84. The van der Waals surface area contributed by atoms with Gasteiger partial charge in [0.1, 0.15) is 5.82 Å². The smallest absolute Gasteiger partial charge is 0.243 e. The molecule has 0 aliphatic heterocycles. The number of hydrogen-bond donors (Lipinski definition) is 1. The van der Waals surface area contributed by atoms with E-state index in [9.17, 15) is 17.6 Å². The van der Waals surface area contributed by atoms with Crippen LogP contribution >= 0.6 is 11.6 Å². The molecule has 0 spiro atoms. The molecule has 8 heteroatoms. The van der Waals surface area contributed by atoms with Crippen LogP contribution < -0.4 is 5.32 Å². The number of nitrogens with one attached hydrogen (secondary N) is 1. The maximum atomic E-state index is 14.1. The predicted molar refractivity (Wildman–Crippen MR) is 108 cm³/mol. The molecule has 0 bridgehead atoms. The number of sulfonamides is 1. The van der Waals surface area contributed by atoms with Gasteiger partial charge in [-0.2, -0.15) is 4.31 Å². The van der Waals surface area contributed by atoms with Crippen LogP contribution in [0.4, 0.5) is 4.39 Å². The first kappa shape index (κ1) is 22.3. The van der Waals surface area contributed by atoms with Crippen molar-refractivity contribution in [1.82, 2.24) is 9.62 Å². The highest BCUT2D eigenvalue weighted by Crippen LogP contribution is 2.21.